The highest BCUT2D eigenvalue weighted by Gasteiger charge is 2.44. The number of nitrogen functional groups attached to an aromatic ring is 1. The molecule has 1 aromatic carbocycles. The average molecular weight is 360 g/mol. The molecule has 6 heteroatoms. The van der Waals surface area contributed by atoms with Crippen molar-refractivity contribution in [1.29, 1.82) is 0 Å². The van der Waals surface area contributed by atoms with Gasteiger partial charge in [0.15, 0.2) is 5.78 Å². The zero-order valence-corrected chi connectivity index (χ0v) is 14.7. The summed E-state index contributed by atoms with van der Waals surface area (Å²) in [5, 5.41) is 3.87. The van der Waals surface area contributed by atoms with Crippen molar-refractivity contribution in [2.24, 2.45) is 0 Å². The zero-order chi connectivity index (χ0) is 17.8. The molecule has 25 heavy (non-hydrogen) atoms. The standard InChI is InChI=1S/C19H19ClFN3O/c1-10(25)14-13(22)5-4-11(17(14)21)12-8-23-18-15(16(12)20)19(9-24-18)6-2-3-7-19/h4-5,8H,2-3,6-7,9,22H2,1H3,(H,23,24). The summed E-state index contributed by atoms with van der Waals surface area (Å²) in [6.45, 7) is 2.12. The number of carbonyl (C=O) groups excluding carboxylic acids is 1. The van der Waals surface area contributed by atoms with Gasteiger partial charge in [0.2, 0.25) is 0 Å². The molecule has 0 amide bonds. The highest BCUT2D eigenvalue weighted by atomic mass is 35.5. The summed E-state index contributed by atoms with van der Waals surface area (Å²) in [6, 6.07) is 3.11. The summed E-state index contributed by atoms with van der Waals surface area (Å²) in [5.74, 6) is -0.253. The summed E-state index contributed by atoms with van der Waals surface area (Å²) in [7, 11) is 0. The molecule has 3 N–H and O–H groups in total. The second-order valence-electron chi connectivity index (χ2n) is 7.00. The number of anilines is 2. The van der Waals surface area contributed by atoms with Crippen molar-refractivity contribution in [3.8, 4) is 11.1 Å². The molecule has 4 nitrogen and oxygen atoms in total. The number of carbonyl (C=O) groups is 1. The van der Waals surface area contributed by atoms with E-state index in [0.29, 0.717) is 10.6 Å². The van der Waals surface area contributed by atoms with Crippen LogP contribution in [0.2, 0.25) is 5.02 Å². The van der Waals surface area contributed by atoms with Crippen LogP contribution in [0, 0.1) is 5.82 Å². The minimum Gasteiger partial charge on any atom is -0.398 e. The van der Waals surface area contributed by atoms with Crippen LogP contribution in [0.25, 0.3) is 11.1 Å². The van der Waals surface area contributed by atoms with Gasteiger partial charge in [0, 0.05) is 40.5 Å². The van der Waals surface area contributed by atoms with E-state index in [2.05, 4.69) is 10.3 Å². The third-order valence-corrected chi connectivity index (χ3v) is 5.91. The summed E-state index contributed by atoms with van der Waals surface area (Å²) in [6.07, 6.45) is 6.00. The van der Waals surface area contributed by atoms with E-state index in [4.69, 9.17) is 17.3 Å². The maximum Gasteiger partial charge on any atom is 0.164 e. The molecule has 2 aliphatic rings. The van der Waals surface area contributed by atoms with Crippen molar-refractivity contribution in [1.82, 2.24) is 4.98 Å². The van der Waals surface area contributed by atoms with Crippen molar-refractivity contribution < 1.29 is 9.18 Å². The molecule has 1 aliphatic carbocycles. The van der Waals surface area contributed by atoms with Crippen molar-refractivity contribution in [3.05, 3.63) is 40.3 Å². The van der Waals surface area contributed by atoms with E-state index in [1.807, 2.05) is 0 Å². The Morgan fingerprint density at radius 3 is 2.72 bits per heavy atom. The van der Waals surface area contributed by atoms with Crippen LogP contribution in [-0.2, 0) is 5.41 Å². The normalized spacial score (nSPS) is 17.6. The molecule has 0 bridgehead atoms. The molecular weight excluding hydrogens is 341 g/mol. The first-order chi connectivity index (χ1) is 11.9. The van der Waals surface area contributed by atoms with Crippen LogP contribution in [-0.4, -0.2) is 17.3 Å². The Morgan fingerprint density at radius 1 is 1.32 bits per heavy atom. The number of nitrogens with two attached hydrogens (primary N) is 1. The molecule has 4 rings (SSSR count). The van der Waals surface area contributed by atoms with Crippen LogP contribution in [0.4, 0.5) is 15.9 Å². The van der Waals surface area contributed by atoms with Crippen LogP contribution in [0.3, 0.4) is 0 Å². The van der Waals surface area contributed by atoms with Crippen LogP contribution in [0.15, 0.2) is 18.3 Å². The van der Waals surface area contributed by atoms with Gasteiger partial charge in [-0.1, -0.05) is 24.4 Å². The van der Waals surface area contributed by atoms with Gasteiger partial charge in [-0.25, -0.2) is 9.37 Å². The lowest BCUT2D eigenvalue weighted by molar-refractivity contribution is 0.101. The summed E-state index contributed by atoms with van der Waals surface area (Å²) in [5.41, 5.74) is 7.56. The molecule has 0 radical (unpaired) electrons. The molecule has 1 aromatic heterocycles. The predicted octanol–water partition coefficient (Wildman–Crippen LogP) is 4.56. The third-order valence-electron chi connectivity index (χ3n) is 5.52. The maximum absolute atomic E-state index is 15.0. The van der Waals surface area contributed by atoms with E-state index in [1.165, 1.54) is 6.92 Å². The number of fused-ring (bicyclic) bond motifs is 2. The van der Waals surface area contributed by atoms with Crippen molar-refractivity contribution in [2.45, 2.75) is 38.0 Å². The summed E-state index contributed by atoms with van der Waals surface area (Å²) in [4.78, 5) is 16.2. The number of hydrogen-bond donors (Lipinski definition) is 2. The van der Waals surface area contributed by atoms with Crippen molar-refractivity contribution in [2.75, 3.05) is 17.6 Å². The summed E-state index contributed by atoms with van der Waals surface area (Å²) >= 11 is 6.74. The lowest BCUT2D eigenvalue weighted by Gasteiger charge is -2.24. The van der Waals surface area contributed by atoms with Crippen molar-refractivity contribution >= 4 is 28.9 Å². The Morgan fingerprint density at radius 2 is 2.04 bits per heavy atom. The van der Waals surface area contributed by atoms with Crippen LogP contribution < -0.4 is 11.1 Å². The fourth-order valence-electron chi connectivity index (χ4n) is 4.27. The SMILES string of the molecule is CC(=O)c1c(N)ccc(-c2cnc3c(c2Cl)C2(CCCC2)CN3)c1F. The molecule has 1 fully saturated rings. The molecule has 2 heterocycles. The van der Waals surface area contributed by atoms with E-state index in [-0.39, 0.29) is 22.2 Å². The van der Waals surface area contributed by atoms with Gasteiger partial charge in [0.25, 0.3) is 0 Å². The van der Waals surface area contributed by atoms with E-state index < -0.39 is 11.6 Å². The van der Waals surface area contributed by atoms with E-state index in [9.17, 15) is 9.18 Å². The molecule has 0 unspecified atom stereocenters. The number of hydrogen-bond acceptors (Lipinski definition) is 4. The number of ketones is 1. The second-order valence-corrected chi connectivity index (χ2v) is 7.38. The molecule has 1 aliphatic heterocycles. The molecule has 0 atom stereocenters. The second kappa shape index (κ2) is 5.70. The average Bonchev–Trinajstić information content (AvgIpc) is 3.17. The number of pyridine rings is 1. The first-order valence-electron chi connectivity index (χ1n) is 8.47. The number of rotatable bonds is 2. The quantitative estimate of drug-likeness (QED) is 0.609. The van der Waals surface area contributed by atoms with E-state index in [0.717, 1.165) is 43.6 Å². The molecule has 1 saturated carbocycles. The molecule has 130 valence electrons. The minimum atomic E-state index is -0.637. The Balaban J connectivity index is 1.92. The first-order valence-corrected chi connectivity index (χ1v) is 8.84. The van der Waals surface area contributed by atoms with E-state index in [1.54, 1.807) is 18.3 Å². The van der Waals surface area contributed by atoms with Gasteiger partial charge >= 0.3 is 0 Å². The van der Waals surface area contributed by atoms with Gasteiger partial charge in [-0.2, -0.15) is 0 Å². The number of nitrogens with one attached hydrogen (secondary N) is 1. The number of benzene rings is 1. The lowest BCUT2D eigenvalue weighted by atomic mass is 9.80. The van der Waals surface area contributed by atoms with Gasteiger partial charge in [0.05, 0.1) is 10.6 Å². The minimum absolute atomic E-state index is 0.0108. The smallest absolute Gasteiger partial charge is 0.164 e. The van der Waals surface area contributed by atoms with Gasteiger partial charge in [-0.3, -0.25) is 4.79 Å². The monoisotopic (exact) mass is 359 g/mol. The third kappa shape index (κ3) is 2.33. The largest absolute Gasteiger partial charge is 0.398 e. The Kier molecular flexibility index (Phi) is 3.72. The van der Waals surface area contributed by atoms with Crippen molar-refractivity contribution in [3.63, 3.8) is 0 Å². The van der Waals surface area contributed by atoms with Crippen LogP contribution in [0.1, 0.15) is 48.5 Å². The molecule has 0 saturated heterocycles. The maximum atomic E-state index is 15.0. The first kappa shape index (κ1) is 16.3. The zero-order valence-electron chi connectivity index (χ0n) is 14.0. The number of nitrogens with zero attached hydrogens (tertiary/aromatic N) is 1. The highest BCUT2D eigenvalue weighted by molar-refractivity contribution is 6.34. The number of Topliss-reactive ketones (excluding diaryl/α,β-unsaturated/α-hetero) is 1. The van der Waals surface area contributed by atoms with Crippen LogP contribution in [0.5, 0.6) is 0 Å². The van der Waals surface area contributed by atoms with Gasteiger partial charge in [-0.15, -0.1) is 0 Å². The Hall–Kier alpha value is -2.14. The fraction of sp³-hybridized carbons (Fsp3) is 0.368. The Labute approximate surface area is 150 Å². The number of halogens is 2. The van der Waals surface area contributed by atoms with Crippen LogP contribution >= 0.6 is 11.6 Å². The predicted molar refractivity (Wildman–Crippen MR) is 97.7 cm³/mol. The number of aromatic nitrogens is 1. The van der Waals surface area contributed by atoms with Gasteiger partial charge in [0.1, 0.15) is 11.6 Å². The highest BCUT2D eigenvalue weighted by Crippen LogP contribution is 2.52. The fourth-order valence-corrected chi connectivity index (χ4v) is 4.71. The molecule has 1 spiro atoms. The topological polar surface area (TPSA) is 68.0 Å². The lowest BCUT2D eigenvalue weighted by Crippen LogP contribution is -2.24. The Bertz CT molecular complexity index is 891. The van der Waals surface area contributed by atoms with E-state index >= 15 is 0 Å². The molecular formula is C19H19ClFN3O. The molecule has 2 aromatic rings. The summed E-state index contributed by atoms with van der Waals surface area (Å²) < 4.78 is 15.0. The van der Waals surface area contributed by atoms with Gasteiger partial charge in [-0.05, 0) is 31.9 Å². The van der Waals surface area contributed by atoms with Gasteiger partial charge < -0.3 is 11.1 Å².